The normalized spacial score (nSPS) is 17.3. The Morgan fingerprint density at radius 3 is 2.79 bits per heavy atom. The van der Waals surface area contributed by atoms with Gasteiger partial charge in [-0.3, -0.25) is 0 Å². The first-order valence-electron chi connectivity index (χ1n) is 7.77. The minimum absolute atomic E-state index is 0.234. The molecule has 0 radical (unpaired) electrons. The van der Waals surface area contributed by atoms with Gasteiger partial charge in [-0.15, -0.1) is 0 Å². The molecule has 1 unspecified atom stereocenters. The SMILES string of the molecule is CC(CCCNC(C)(C)C)n1cnc2c1CCCC2. The third-order valence-electron chi connectivity index (χ3n) is 3.99. The first-order valence-corrected chi connectivity index (χ1v) is 7.77. The van der Waals surface area contributed by atoms with Gasteiger partial charge in [0.25, 0.3) is 0 Å². The first kappa shape index (κ1) is 14.6. The van der Waals surface area contributed by atoms with Gasteiger partial charge in [0.05, 0.1) is 12.0 Å². The lowest BCUT2D eigenvalue weighted by atomic mass is 10.0. The Kier molecular flexibility index (Phi) is 4.67. The molecule has 3 nitrogen and oxygen atoms in total. The largest absolute Gasteiger partial charge is 0.332 e. The Morgan fingerprint density at radius 1 is 1.32 bits per heavy atom. The Balaban J connectivity index is 1.83. The van der Waals surface area contributed by atoms with Gasteiger partial charge in [-0.25, -0.2) is 4.98 Å². The molecule has 1 N–H and O–H groups in total. The van der Waals surface area contributed by atoms with Gasteiger partial charge >= 0.3 is 0 Å². The smallest absolute Gasteiger partial charge is 0.0954 e. The molecule has 0 saturated carbocycles. The number of rotatable bonds is 5. The van der Waals surface area contributed by atoms with Crippen molar-refractivity contribution in [1.29, 1.82) is 0 Å². The number of aromatic nitrogens is 2. The molecule has 2 rings (SSSR count). The van der Waals surface area contributed by atoms with Crippen LogP contribution in [-0.2, 0) is 12.8 Å². The fourth-order valence-electron chi connectivity index (χ4n) is 2.87. The van der Waals surface area contributed by atoms with E-state index in [1.54, 1.807) is 0 Å². The van der Waals surface area contributed by atoms with Crippen molar-refractivity contribution in [3.05, 3.63) is 17.7 Å². The van der Waals surface area contributed by atoms with Crippen LogP contribution in [0.5, 0.6) is 0 Å². The van der Waals surface area contributed by atoms with E-state index < -0.39 is 0 Å². The molecule has 1 aromatic rings. The predicted octanol–water partition coefficient (Wildman–Crippen LogP) is 3.49. The van der Waals surface area contributed by atoms with Gasteiger partial charge in [-0.05, 0) is 72.8 Å². The second kappa shape index (κ2) is 6.08. The zero-order chi connectivity index (χ0) is 13.9. The van der Waals surface area contributed by atoms with Crippen LogP contribution < -0.4 is 5.32 Å². The van der Waals surface area contributed by atoms with Crippen LogP contribution >= 0.6 is 0 Å². The molecule has 0 saturated heterocycles. The van der Waals surface area contributed by atoms with Gasteiger partial charge in [-0.2, -0.15) is 0 Å². The van der Waals surface area contributed by atoms with Crippen LogP contribution in [0.1, 0.15) is 70.8 Å². The number of imidazole rings is 1. The highest BCUT2D eigenvalue weighted by molar-refractivity contribution is 5.17. The Labute approximate surface area is 117 Å². The molecule has 1 aliphatic carbocycles. The summed E-state index contributed by atoms with van der Waals surface area (Å²) in [6.07, 6.45) is 9.57. The van der Waals surface area contributed by atoms with Gasteiger partial charge in [0.1, 0.15) is 0 Å². The number of fused-ring (bicyclic) bond motifs is 1. The summed E-state index contributed by atoms with van der Waals surface area (Å²) >= 11 is 0. The standard InChI is InChI=1S/C16H29N3/c1-13(8-7-11-18-16(2,3)4)19-12-17-14-9-5-6-10-15(14)19/h12-13,18H,5-11H2,1-4H3. The van der Waals surface area contributed by atoms with Crippen LogP contribution in [0.3, 0.4) is 0 Å². The summed E-state index contributed by atoms with van der Waals surface area (Å²) in [5, 5.41) is 3.56. The zero-order valence-electron chi connectivity index (χ0n) is 13.0. The summed E-state index contributed by atoms with van der Waals surface area (Å²) in [4.78, 5) is 4.59. The van der Waals surface area contributed by atoms with E-state index in [1.807, 2.05) is 0 Å². The van der Waals surface area contributed by atoms with E-state index in [-0.39, 0.29) is 5.54 Å². The summed E-state index contributed by atoms with van der Waals surface area (Å²) in [6.45, 7) is 10.1. The number of hydrogen-bond acceptors (Lipinski definition) is 2. The Hall–Kier alpha value is -0.830. The van der Waals surface area contributed by atoms with Crippen LogP contribution in [0.2, 0.25) is 0 Å². The zero-order valence-corrected chi connectivity index (χ0v) is 13.0. The predicted molar refractivity (Wildman–Crippen MR) is 80.6 cm³/mol. The van der Waals surface area contributed by atoms with Crippen LogP contribution in [0.25, 0.3) is 0 Å². The summed E-state index contributed by atoms with van der Waals surface area (Å²) < 4.78 is 2.42. The summed E-state index contributed by atoms with van der Waals surface area (Å²) in [5.41, 5.74) is 3.09. The maximum atomic E-state index is 4.59. The maximum absolute atomic E-state index is 4.59. The van der Waals surface area contributed by atoms with Crippen molar-refractivity contribution in [2.45, 2.75) is 77.8 Å². The quantitative estimate of drug-likeness (QED) is 0.824. The van der Waals surface area contributed by atoms with Gasteiger partial charge in [0.2, 0.25) is 0 Å². The average molecular weight is 263 g/mol. The van der Waals surface area contributed by atoms with E-state index in [2.05, 4.69) is 48.9 Å². The number of nitrogens with zero attached hydrogens (tertiary/aromatic N) is 2. The number of aryl methyl sites for hydroxylation is 1. The highest BCUT2D eigenvalue weighted by Gasteiger charge is 2.18. The van der Waals surface area contributed by atoms with Crippen LogP contribution in [0, 0.1) is 0 Å². The van der Waals surface area contributed by atoms with Gasteiger partial charge in [-0.1, -0.05) is 0 Å². The molecule has 19 heavy (non-hydrogen) atoms. The van der Waals surface area contributed by atoms with Crippen molar-refractivity contribution in [3.8, 4) is 0 Å². The van der Waals surface area contributed by atoms with E-state index in [1.165, 1.54) is 49.9 Å². The molecule has 0 aliphatic heterocycles. The molecule has 1 aliphatic rings. The fourth-order valence-corrected chi connectivity index (χ4v) is 2.87. The minimum Gasteiger partial charge on any atom is -0.332 e. The first-order chi connectivity index (χ1) is 8.97. The van der Waals surface area contributed by atoms with Gasteiger partial charge < -0.3 is 9.88 Å². The van der Waals surface area contributed by atoms with E-state index in [0.29, 0.717) is 6.04 Å². The van der Waals surface area contributed by atoms with Crippen molar-refractivity contribution in [1.82, 2.24) is 14.9 Å². The average Bonchev–Trinajstić information content (AvgIpc) is 2.77. The van der Waals surface area contributed by atoms with E-state index in [4.69, 9.17) is 0 Å². The molecule has 0 aromatic carbocycles. The van der Waals surface area contributed by atoms with Crippen LogP contribution in [0.15, 0.2) is 6.33 Å². The minimum atomic E-state index is 0.234. The Morgan fingerprint density at radius 2 is 2.05 bits per heavy atom. The van der Waals surface area contributed by atoms with Crippen molar-refractivity contribution >= 4 is 0 Å². The molecular weight excluding hydrogens is 234 g/mol. The maximum Gasteiger partial charge on any atom is 0.0954 e. The summed E-state index contributed by atoms with van der Waals surface area (Å²) in [7, 11) is 0. The van der Waals surface area contributed by atoms with E-state index >= 15 is 0 Å². The third kappa shape index (κ3) is 4.07. The van der Waals surface area contributed by atoms with E-state index in [9.17, 15) is 0 Å². The molecule has 1 aromatic heterocycles. The highest BCUT2D eigenvalue weighted by Crippen LogP contribution is 2.24. The molecule has 1 atom stereocenters. The third-order valence-corrected chi connectivity index (χ3v) is 3.99. The van der Waals surface area contributed by atoms with Crippen molar-refractivity contribution < 1.29 is 0 Å². The molecule has 3 heteroatoms. The topological polar surface area (TPSA) is 29.9 Å². The Bertz CT molecular complexity index is 401. The molecule has 0 spiro atoms. The van der Waals surface area contributed by atoms with Crippen molar-refractivity contribution in [2.75, 3.05) is 6.54 Å². The van der Waals surface area contributed by atoms with Crippen molar-refractivity contribution in [3.63, 3.8) is 0 Å². The number of nitrogens with one attached hydrogen (secondary N) is 1. The molecule has 108 valence electrons. The van der Waals surface area contributed by atoms with Crippen LogP contribution in [0.4, 0.5) is 0 Å². The lowest BCUT2D eigenvalue weighted by molar-refractivity contribution is 0.396. The molecular formula is C16H29N3. The number of hydrogen-bond donors (Lipinski definition) is 1. The summed E-state index contributed by atoms with van der Waals surface area (Å²) in [6, 6.07) is 0.580. The van der Waals surface area contributed by atoms with Gasteiger partial charge in [0, 0.05) is 17.3 Å². The summed E-state index contributed by atoms with van der Waals surface area (Å²) in [5.74, 6) is 0. The molecule has 1 heterocycles. The van der Waals surface area contributed by atoms with E-state index in [0.717, 1.165) is 6.54 Å². The lowest BCUT2D eigenvalue weighted by Crippen LogP contribution is -2.36. The molecule has 0 amide bonds. The lowest BCUT2D eigenvalue weighted by Gasteiger charge is -2.22. The fraction of sp³-hybridized carbons (Fsp3) is 0.812. The monoisotopic (exact) mass is 263 g/mol. The van der Waals surface area contributed by atoms with Crippen LogP contribution in [-0.4, -0.2) is 21.6 Å². The highest BCUT2D eigenvalue weighted by atomic mass is 15.1. The van der Waals surface area contributed by atoms with Gasteiger partial charge in [0.15, 0.2) is 0 Å². The molecule has 0 fully saturated rings. The second-order valence-corrected chi connectivity index (χ2v) is 6.92. The van der Waals surface area contributed by atoms with Crippen molar-refractivity contribution in [2.24, 2.45) is 0 Å². The molecule has 0 bridgehead atoms. The second-order valence-electron chi connectivity index (χ2n) is 6.92.